The van der Waals surface area contributed by atoms with Crippen molar-refractivity contribution >= 4 is 5.91 Å². The van der Waals surface area contributed by atoms with E-state index in [9.17, 15) is 4.79 Å². The van der Waals surface area contributed by atoms with E-state index in [1.165, 1.54) is 0 Å². The van der Waals surface area contributed by atoms with E-state index in [0.29, 0.717) is 24.7 Å². The van der Waals surface area contributed by atoms with Gasteiger partial charge in [-0.25, -0.2) is 0 Å². The molecule has 0 saturated carbocycles. The first-order valence-corrected chi connectivity index (χ1v) is 6.44. The number of nitrogens with zero attached hydrogens (tertiary/aromatic N) is 1. The summed E-state index contributed by atoms with van der Waals surface area (Å²) in [5.41, 5.74) is 6.87. The third-order valence-electron chi connectivity index (χ3n) is 3.33. The zero-order valence-corrected chi connectivity index (χ0v) is 11.6. The standard InChI is InChI=1S/C13H23N3O2/c1-5-11-9(4)12(16-18-11)13(17)15-7-10(6-14)8(2)3/h8,10H,5-7,14H2,1-4H3,(H,15,17). The number of carbonyl (C=O) groups excluding carboxylic acids is 1. The average Bonchev–Trinajstić information content (AvgIpc) is 2.70. The Kier molecular flexibility index (Phi) is 5.34. The highest BCUT2D eigenvalue weighted by atomic mass is 16.5. The Morgan fingerprint density at radius 1 is 1.50 bits per heavy atom. The van der Waals surface area contributed by atoms with E-state index in [0.717, 1.165) is 17.7 Å². The van der Waals surface area contributed by atoms with Crippen molar-refractivity contribution in [3.63, 3.8) is 0 Å². The van der Waals surface area contributed by atoms with Gasteiger partial charge in [0.15, 0.2) is 5.69 Å². The Morgan fingerprint density at radius 3 is 2.61 bits per heavy atom. The summed E-state index contributed by atoms with van der Waals surface area (Å²) in [6.07, 6.45) is 0.740. The van der Waals surface area contributed by atoms with E-state index < -0.39 is 0 Å². The van der Waals surface area contributed by atoms with Gasteiger partial charge in [-0.1, -0.05) is 25.9 Å². The van der Waals surface area contributed by atoms with Gasteiger partial charge in [-0.15, -0.1) is 0 Å². The summed E-state index contributed by atoms with van der Waals surface area (Å²) >= 11 is 0. The molecule has 0 aliphatic carbocycles. The predicted molar refractivity (Wildman–Crippen MR) is 70.3 cm³/mol. The molecule has 1 aromatic heterocycles. The molecule has 1 heterocycles. The molecule has 0 spiro atoms. The maximum absolute atomic E-state index is 12.0. The van der Waals surface area contributed by atoms with Gasteiger partial charge in [0.25, 0.3) is 5.91 Å². The van der Waals surface area contributed by atoms with Crippen LogP contribution in [0.2, 0.25) is 0 Å². The minimum Gasteiger partial charge on any atom is -0.360 e. The van der Waals surface area contributed by atoms with Crippen LogP contribution in [0, 0.1) is 18.8 Å². The Bertz CT molecular complexity index is 399. The van der Waals surface area contributed by atoms with Crippen molar-refractivity contribution in [1.82, 2.24) is 10.5 Å². The molecule has 18 heavy (non-hydrogen) atoms. The van der Waals surface area contributed by atoms with Crippen LogP contribution in [0.15, 0.2) is 4.52 Å². The normalized spacial score (nSPS) is 12.8. The summed E-state index contributed by atoms with van der Waals surface area (Å²) in [6.45, 7) is 9.16. The number of hydrogen-bond acceptors (Lipinski definition) is 4. The Hall–Kier alpha value is -1.36. The quantitative estimate of drug-likeness (QED) is 0.805. The number of rotatable bonds is 6. The van der Waals surface area contributed by atoms with Crippen molar-refractivity contribution in [2.75, 3.05) is 13.1 Å². The molecule has 0 aliphatic heterocycles. The minimum atomic E-state index is -0.185. The first-order chi connectivity index (χ1) is 8.51. The molecule has 5 nitrogen and oxygen atoms in total. The SMILES string of the molecule is CCc1onc(C(=O)NCC(CN)C(C)C)c1C. The lowest BCUT2D eigenvalue weighted by Gasteiger charge is -2.18. The first kappa shape index (κ1) is 14.7. The molecule has 1 rings (SSSR count). The molecule has 102 valence electrons. The summed E-state index contributed by atoms with van der Waals surface area (Å²) in [4.78, 5) is 12.0. The lowest BCUT2D eigenvalue weighted by atomic mass is 9.96. The van der Waals surface area contributed by atoms with Gasteiger partial charge < -0.3 is 15.6 Å². The van der Waals surface area contributed by atoms with E-state index in [1.807, 2.05) is 13.8 Å². The van der Waals surface area contributed by atoms with Crippen LogP contribution in [0.4, 0.5) is 0 Å². The molecule has 1 atom stereocenters. The maximum Gasteiger partial charge on any atom is 0.273 e. The summed E-state index contributed by atoms with van der Waals surface area (Å²) in [7, 11) is 0. The predicted octanol–water partition coefficient (Wildman–Crippen LogP) is 1.51. The van der Waals surface area contributed by atoms with Crippen molar-refractivity contribution in [3.05, 3.63) is 17.0 Å². The van der Waals surface area contributed by atoms with Crippen molar-refractivity contribution in [2.45, 2.75) is 34.1 Å². The van der Waals surface area contributed by atoms with Gasteiger partial charge >= 0.3 is 0 Å². The molecule has 5 heteroatoms. The molecule has 0 aromatic carbocycles. The van der Waals surface area contributed by atoms with Gasteiger partial charge in [-0.3, -0.25) is 4.79 Å². The summed E-state index contributed by atoms with van der Waals surface area (Å²) in [5.74, 6) is 1.31. The lowest BCUT2D eigenvalue weighted by molar-refractivity contribution is 0.0934. The zero-order valence-electron chi connectivity index (χ0n) is 11.6. The van der Waals surface area contributed by atoms with Crippen LogP contribution in [0.5, 0.6) is 0 Å². The molecule has 0 saturated heterocycles. The van der Waals surface area contributed by atoms with E-state index >= 15 is 0 Å². The molecule has 0 radical (unpaired) electrons. The monoisotopic (exact) mass is 253 g/mol. The van der Waals surface area contributed by atoms with Crippen LogP contribution >= 0.6 is 0 Å². The van der Waals surface area contributed by atoms with Gasteiger partial charge in [0.1, 0.15) is 5.76 Å². The van der Waals surface area contributed by atoms with Crippen molar-refractivity contribution in [1.29, 1.82) is 0 Å². The Labute approximate surface area is 108 Å². The van der Waals surface area contributed by atoms with E-state index in [1.54, 1.807) is 0 Å². The van der Waals surface area contributed by atoms with Crippen molar-refractivity contribution < 1.29 is 9.32 Å². The Morgan fingerprint density at radius 2 is 2.17 bits per heavy atom. The van der Waals surface area contributed by atoms with Crippen LogP contribution in [-0.2, 0) is 6.42 Å². The molecule has 3 N–H and O–H groups in total. The summed E-state index contributed by atoms with van der Waals surface area (Å²) in [5, 5.41) is 6.68. The smallest absolute Gasteiger partial charge is 0.273 e. The summed E-state index contributed by atoms with van der Waals surface area (Å²) in [6, 6.07) is 0. The van der Waals surface area contributed by atoms with Crippen molar-refractivity contribution in [2.24, 2.45) is 17.6 Å². The number of nitrogens with two attached hydrogens (primary N) is 1. The second-order valence-corrected chi connectivity index (χ2v) is 4.88. The molecular weight excluding hydrogens is 230 g/mol. The van der Waals surface area contributed by atoms with Gasteiger partial charge in [0, 0.05) is 18.5 Å². The molecule has 1 aromatic rings. The van der Waals surface area contributed by atoms with Gasteiger partial charge in [-0.05, 0) is 25.3 Å². The number of nitrogens with one attached hydrogen (secondary N) is 1. The lowest BCUT2D eigenvalue weighted by Crippen LogP contribution is -2.35. The average molecular weight is 253 g/mol. The minimum absolute atomic E-state index is 0.185. The van der Waals surface area contributed by atoms with Crippen molar-refractivity contribution in [3.8, 4) is 0 Å². The number of carbonyl (C=O) groups is 1. The highest BCUT2D eigenvalue weighted by molar-refractivity contribution is 5.93. The van der Waals surface area contributed by atoms with Crippen LogP contribution in [0.3, 0.4) is 0 Å². The van der Waals surface area contributed by atoms with E-state index in [2.05, 4.69) is 24.3 Å². The molecular formula is C13H23N3O2. The van der Waals surface area contributed by atoms with Crippen LogP contribution in [-0.4, -0.2) is 24.2 Å². The van der Waals surface area contributed by atoms with Crippen LogP contribution in [0.25, 0.3) is 0 Å². The fourth-order valence-electron chi connectivity index (χ4n) is 1.81. The van der Waals surface area contributed by atoms with E-state index in [-0.39, 0.29) is 11.8 Å². The van der Waals surface area contributed by atoms with Gasteiger partial charge in [0.2, 0.25) is 0 Å². The third-order valence-corrected chi connectivity index (χ3v) is 3.33. The van der Waals surface area contributed by atoms with Crippen LogP contribution in [0.1, 0.15) is 42.6 Å². The zero-order chi connectivity index (χ0) is 13.7. The van der Waals surface area contributed by atoms with Gasteiger partial charge in [-0.2, -0.15) is 0 Å². The number of aromatic nitrogens is 1. The Balaban J connectivity index is 2.62. The number of hydrogen-bond donors (Lipinski definition) is 2. The fourth-order valence-corrected chi connectivity index (χ4v) is 1.81. The number of aryl methyl sites for hydroxylation is 1. The number of amides is 1. The molecule has 1 amide bonds. The van der Waals surface area contributed by atoms with Gasteiger partial charge in [0.05, 0.1) is 0 Å². The first-order valence-electron chi connectivity index (χ1n) is 6.44. The largest absolute Gasteiger partial charge is 0.360 e. The van der Waals surface area contributed by atoms with Crippen LogP contribution < -0.4 is 11.1 Å². The molecule has 0 aliphatic rings. The van der Waals surface area contributed by atoms with E-state index in [4.69, 9.17) is 10.3 Å². The fraction of sp³-hybridized carbons (Fsp3) is 0.692. The second kappa shape index (κ2) is 6.54. The third kappa shape index (κ3) is 3.32. The molecule has 0 bridgehead atoms. The molecule has 0 fully saturated rings. The topological polar surface area (TPSA) is 81.2 Å². The highest BCUT2D eigenvalue weighted by Crippen LogP contribution is 2.13. The maximum atomic E-state index is 12.0. The second-order valence-electron chi connectivity index (χ2n) is 4.88. The molecule has 1 unspecified atom stereocenters. The highest BCUT2D eigenvalue weighted by Gasteiger charge is 2.19. The summed E-state index contributed by atoms with van der Waals surface area (Å²) < 4.78 is 5.11.